The predicted octanol–water partition coefficient (Wildman–Crippen LogP) is 5.30. The minimum atomic E-state index is -0.864. The number of fused-ring (bicyclic) bond motifs is 1. The quantitative estimate of drug-likeness (QED) is 0.388. The van der Waals surface area contributed by atoms with E-state index in [0.717, 1.165) is 41.6 Å². The van der Waals surface area contributed by atoms with Gasteiger partial charge in [0.15, 0.2) is 0 Å². The van der Waals surface area contributed by atoms with Gasteiger partial charge in [-0.25, -0.2) is 18.6 Å². The molecule has 33 heavy (non-hydrogen) atoms. The summed E-state index contributed by atoms with van der Waals surface area (Å²) in [5.74, 6) is -1.06. The summed E-state index contributed by atoms with van der Waals surface area (Å²) < 4.78 is 28.8. The summed E-state index contributed by atoms with van der Waals surface area (Å²) in [7, 11) is 0. The molecular weight excluding hydrogens is 428 g/mol. The lowest BCUT2D eigenvalue weighted by Crippen LogP contribution is -2.20. The van der Waals surface area contributed by atoms with Crippen LogP contribution in [0.5, 0.6) is 0 Å². The van der Waals surface area contributed by atoms with Crippen LogP contribution in [0.2, 0.25) is 0 Å². The Balaban J connectivity index is 1.38. The van der Waals surface area contributed by atoms with Crippen molar-refractivity contribution in [3.8, 4) is 5.69 Å². The van der Waals surface area contributed by atoms with Crippen LogP contribution in [-0.4, -0.2) is 21.5 Å². The molecule has 9 heteroatoms. The number of aromatic nitrogens is 2. The smallest absolute Gasteiger partial charge is 0.316 e. The van der Waals surface area contributed by atoms with Gasteiger partial charge >= 0.3 is 6.03 Å². The van der Waals surface area contributed by atoms with Gasteiger partial charge in [-0.15, -0.1) is 0 Å². The number of urea groups is 1. The Morgan fingerprint density at radius 1 is 0.939 bits per heavy atom. The van der Waals surface area contributed by atoms with Crippen molar-refractivity contribution in [2.24, 2.45) is 5.92 Å². The zero-order valence-corrected chi connectivity index (χ0v) is 17.3. The zero-order chi connectivity index (χ0) is 22.9. The molecule has 2 aromatic carbocycles. The number of nitrogens with one attached hydrogen (secondary N) is 3. The van der Waals surface area contributed by atoms with Gasteiger partial charge in [0.2, 0.25) is 5.91 Å². The molecule has 2 aromatic heterocycles. The van der Waals surface area contributed by atoms with Gasteiger partial charge in [0.05, 0.1) is 22.6 Å². The van der Waals surface area contributed by atoms with Gasteiger partial charge in [-0.2, -0.15) is 0 Å². The Bertz CT molecular complexity index is 1380. The highest BCUT2D eigenvalue weighted by molar-refractivity contribution is 6.06. The normalized spacial score (nSPS) is 13.0. The molecule has 0 bridgehead atoms. The molecule has 3 N–H and O–H groups in total. The average Bonchev–Trinajstić information content (AvgIpc) is 3.55. The fourth-order valence-corrected chi connectivity index (χ4v) is 3.58. The van der Waals surface area contributed by atoms with E-state index in [4.69, 9.17) is 0 Å². The van der Waals surface area contributed by atoms with E-state index in [0.29, 0.717) is 17.6 Å². The van der Waals surface area contributed by atoms with Crippen LogP contribution >= 0.6 is 0 Å². The molecule has 0 unspecified atom stereocenters. The fraction of sp³-hybridized carbons (Fsp3) is 0.125. The molecule has 0 atom stereocenters. The number of halogens is 2. The van der Waals surface area contributed by atoms with Gasteiger partial charge in [-0.05, 0) is 49.2 Å². The Labute approximate surface area is 187 Å². The lowest BCUT2D eigenvalue weighted by atomic mass is 10.2. The third-order valence-electron chi connectivity index (χ3n) is 5.38. The molecule has 4 aromatic rings. The maximum absolute atomic E-state index is 13.8. The van der Waals surface area contributed by atoms with Crippen molar-refractivity contribution < 1.29 is 18.4 Å². The summed E-state index contributed by atoms with van der Waals surface area (Å²) >= 11 is 0. The van der Waals surface area contributed by atoms with E-state index in [9.17, 15) is 18.4 Å². The summed E-state index contributed by atoms with van der Waals surface area (Å²) in [5.41, 5.74) is 1.99. The molecule has 1 fully saturated rings. The van der Waals surface area contributed by atoms with Crippen molar-refractivity contribution in [2.45, 2.75) is 12.8 Å². The molecule has 166 valence electrons. The summed E-state index contributed by atoms with van der Waals surface area (Å²) in [4.78, 5) is 28.7. The van der Waals surface area contributed by atoms with Crippen LogP contribution in [0.4, 0.5) is 30.8 Å². The van der Waals surface area contributed by atoms with Gasteiger partial charge < -0.3 is 20.5 Å². The van der Waals surface area contributed by atoms with E-state index in [2.05, 4.69) is 20.9 Å². The standard InChI is InChI=1S/C24H19F2N5O2/c25-15-6-7-20(18(26)12-15)29-24(33)28-19-2-1-3-21-17(19)9-11-31(21)16-8-10-27-22(13-16)30-23(32)14-4-5-14/h1-3,6-14H,4-5H2,(H,27,30,32)(H2,28,29,33). The highest BCUT2D eigenvalue weighted by Crippen LogP contribution is 2.31. The van der Waals surface area contributed by atoms with Crippen molar-refractivity contribution in [3.05, 3.63) is 78.6 Å². The van der Waals surface area contributed by atoms with Gasteiger partial charge in [0, 0.05) is 35.8 Å². The van der Waals surface area contributed by atoms with Crippen molar-refractivity contribution in [2.75, 3.05) is 16.0 Å². The summed E-state index contributed by atoms with van der Waals surface area (Å²) in [6.07, 6.45) is 5.28. The largest absolute Gasteiger partial charge is 0.323 e. The number of rotatable bonds is 5. The predicted molar refractivity (Wildman–Crippen MR) is 121 cm³/mol. The van der Waals surface area contributed by atoms with E-state index in [-0.39, 0.29) is 17.5 Å². The number of nitrogens with zero attached hydrogens (tertiary/aromatic N) is 2. The van der Waals surface area contributed by atoms with Gasteiger partial charge in [-0.3, -0.25) is 4.79 Å². The summed E-state index contributed by atoms with van der Waals surface area (Å²) in [6, 6.07) is 13.1. The second-order valence-electron chi connectivity index (χ2n) is 7.79. The maximum Gasteiger partial charge on any atom is 0.323 e. The monoisotopic (exact) mass is 447 g/mol. The minimum absolute atomic E-state index is 0.0212. The number of carbonyl (C=O) groups is 2. The number of carbonyl (C=O) groups excluding carboxylic acids is 2. The Hall–Kier alpha value is -4.27. The summed E-state index contributed by atoms with van der Waals surface area (Å²) in [6.45, 7) is 0. The number of anilines is 3. The average molecular weight is 447 g/mol. The molecule has 1 aliphatic rings. The van der Waals surface area contributed by atoms with Crippen LogP contribution in [0.1, 0.15) is 12.8 Å². The molecular formula is C24H19F2N5O2. The molecule has 5 rings (SSSR count). The first kappa shape index (κ1) is 20.6. The first-order valence-corrected chi connectivity index (χ1v) is 10.4. The topological polar surface area (TPSA) is 88.1 Å². The van der Waals surface area contributed by atoms with Crippen molar-refractivity contribution in [3.63, 3.8) is 0 Å². The van der Waals surface area contributed by atoms with Gasteiger partial charge in [0.1, 0.15) is 17.5 Å². The zero-order valence-electron chi connectivity index (χ0n) is 17.3. The fourth-order valence-electron chi connectivity index (χ4n) is 3.58. The van der Waals surface area contributed by atoms with E-state index in [1.54, 1.807) is 24.4 Å². The molecule has 0 aliphatic heterocycles. The highest BCUT2D eigenvalue weighted by Gasteiger charge is 2.29. The molecule has 1 aliphatic carbocycles. The minimum Gasteiger partial charge on any atom is -0.316 e. The number of amides is 3. The number of benzene rings is 2. The lowest BCUT2D eigenvalue weighted by Gasteiger charge is -2.11. The first-order chi connectivity index (χ1) is 16.0. The van der Waals surface area contributed by atoms with Crippen LogP contribution in [-0.2, 0) is 4.79 Å². The second kappa shape index (κ2) is 8.34. The molecule has 1 saturated carbocycles. The van der Waals surface area contributed by atoms with Crippen molar-refractivity contribution in [1.82, 2.24) is 9.55 Å². The van der Waals surface area contributed by atoms with Gasteiger partial charge in [0.25, 0.3) is 0 Å². The van der Waals surface area contributed by atoms with Crippen LogP contribution in [0.3, 0.4) is 0 Å². The van der Waals surface area contributed by atoms with Crippen LogP contribution < -0.4 is 16.0 Å². The SMILES string of the molecule is O=C(Nc1ccc(F)cc1F)Nc1cccc2c1ccn2-c1ccnc(NC(=O)C2CC2)c1. The Morgan fingerprint density at radius 2 is 1.76 bits per heavy atom. The van der Waals surface area contributed by atoms with Gasteiger partial charge in [-0.1, -0.05) is 6.07 Å². The van der Waals surface area contributed by atoms with Crippen molar-refractivity contribution in [1.29, 1.82) is 0 Å². The maximum atomic E-state index is 13.8. The van der Waals surface area contributed by atoms with Crippen LogP contribution in [0.15, 0.2) is 67.0 Å². The molecule has 0 saturated heterocycles. The lowest BCUT2D eigenvalue weighted by molar-refractivity contribution is -0.117. The van der Waals surface area contributed by atoms with E-state index in [1.165, 1.54) is 0 Å². The Kier molecular flexibility index (Phi) is 5.21. The molecule has 0 spiro atoms. The molecule has 0 radical (unpaired) electrons. The molecule has 3 amide bonds. The van der Waals surface area contributed by atoms with Crippen LogP contribution in [0, 0.1) is 17.6 Å². The van der Waals surface area contributed by atoms with Crippen molar-refractivity contribution >= 4 is 40.0 Å². The summed E-state index contributed by atoms with van der Waals surface area (Å²) in [5, 5.41) is 8.68. The highest BCUT2D eigenvalue weighted by atomic mass is 19.1. The molecule has 7 nitrogen and oxygen atoms in total. The third kappa shape index (κ3) is 4.38. The second-order valence-corrected chi connectivity index (χ2v) is 7.79. The molecule has 2 heterocycles. The van der Waals surface area contributed by atoms with E-state index < -0.39 is 17.7 Å². The van der Waals surface area contributed by atoms with E-state index in [1.807, 2.05) is 29.0 Å². The first-order valence-electron chi connectivity index (χ1n) is 10.4. The number of pyridine rings is 1. The van der Waals surface area contributed by atoms with Crippen LogP contribution in [0.25, 0.3) is 16.6 Å². The van der Waals surface area contributed by atoms with E-state index >= 15 is 0 Å². The number of hydrogen-bond donors (Lipinski definition) is 3. The number of hydrogen-bond acceptors (Lipinski definition) is 3. The third-order valence-corrected chi connectivity index (χ3v) is 5.38. The Morgan fingerprint density at radius 3 is 2.55 bits per heavy atom.